The van der Waals surface area contributed by atoms with Crippen molar-refractivity contribution in [1.29, 1.82) is 0 Å². The SMILES string of the molecule is CCc1sc(C(=O)NC(C)c2cccc(S(N)(=O)=O)c2)cc1C. The van der Waals surface area contributed by atoms with Crippen LogP contribution >= 0.6 is 11.3 Å². The minimum atomic E-state index is -3.76. The quantitative estimate of drug-likeness (QED) is 0.867. The first-order valence-electron chi connectivity index (χ1n) is 7.25. The van der Waals surface area contributed by atoms with Gasteiger partial charge in [-0.1, -0.05) is 19.1 Å². The summed E-state index contributed by atoms with van der Waals surface area (Å²) in [7, 11) is -3.76. The molecule has 0 aliphatic carbocycles. The summed E-state index contributed by atoms with van der Waals surface area (Å²) >= 11 is 1.48. The van der Waals surface area contributed by atoms with E-state index >= 15 is 0 Å². The largest absolute Gasteiger partial charge is 0.345 e. The third kappa shape index (κ3) is 4.19. The lowest BCUT2D eigenvalue weighted by Crippen LogP contribution is -2.26. The number of primary sulfonamides is 1. The molecule has 5 nitrogen and oxygen atoms in total. The molecule has 1 unspecified atom stereocenters. The van der Waals surface area contributed by atoms with Gasteiger partial charge in [0.1, 0.15) is 0 Å². The van der Waals surface area contributed by atoms with E-state index in [2.05, 4.69) is 12.2 Å². The Morgan fingerprint density at radius 3 is 2.61 bits per heavy atom. The third-order valence-electron chi connectivity index (χ3n) is 3.60. The van der Waals surface area contributed by atoms with E-state index in [1.165, 1.54) is 28.3 Å². The van der Waals surface area contributed by atoms with Gasteiger partial charge < -0.3 is 5.32 Å². The second-order valence-corrected chi connectivity index (χ2v) is 8.08. The summed E-state index contributed by atoms with van der Waals surface area (Å²) in [6.07, 6.45) is 0.899. The van der Waals surface area contributed by atoms with E-state index < -0.39 is 10.0 Å². The maximum atomic E-state index is 12.3. The van der Waals surface area contributed by atoms with E-state index in [9.17, 15) is 13.2 Å². The third-order valence-corrected chi connectivity index (χ3v) is 5.89. The number of aryl methyl sites for hydroxylation is 2. The van der Waals surface area contributed by atoms with Crippen LogP contribution in [-0.4, -0.2) is 14.3 Å². The van der Waals surface area contributed by atoms with E-state index in [4.69, 9.17) is 5.14 Å². The molecule has 0 saturated heterocycles. The van der Waals surface area contributed by atoms with Crippen molar-refractivity contribution in [1.82, 2.24) is 5.32 Å². The fraction of sp³-hybridized carbons (Fsp3) is 0.312. The standard InChI is InChI=1S/C16H20N2O3S2/c1-4-14-10(2)8-15(22-14)16(19)18-11(3)12-6-5-7-13(9-12)23(17,20)21/h5-9,11H,4H2,1-3H3,(H,18,19)(H2,17,20,21). The second kappa shape index (κ2) is 6.82. The molecule has 1 atom stereocenters. The van der Waals surface area contributed by atoms with Crippen molar-refractivity contribution in [3.63, 3.8) is 0 Å². The molecule has 0 radical (unpaired) electrons. The Kier molecular flexibility index (Phi) is 5.23. The van der Waals surface area contributed by atoms with Crippen LogP contribution in [0.1, 0.15) is 45.6 Å². The van der Waals surface area contributed by atoms with Gasteiger partial charge in [0.2, 0.25) is 10.0 Å². The summed E-state index contributed by atoms with van der Waals surface area (Å²) in [6, 6.07) is 7.85. The fourth-order valence-electron chi connectivity index (χ4n) is 2.29. The zero-order chi connectivity index (χ0) is 17.2. The van der Waals surface area contributed by atoms with Gasteiger partial charge in [-0.2, -0.15) is 0 Å². The van der Waals surface area contributed by atoms with Crippen LogP contribution < -0.4 is 10.5 Å². The highest BCUT2D eigenvalue weighted by Crippen LogP contribution is 2.23. The summed E-state index contributed by atoms with van der Waals surface area (Å²) < 4.78 is 22.8. The topological polar surface area (TPSA) is 89.3 Å². The first-order chi connectivity index (χ1) is 10.7. The molecule has 1 amide bonds. The predicted molar refractivity (Wildman–Crippen MR) is 92.1 cm³/mol. The van der Waals surface area contributed by atoms with Gasteiger partial charge in [0.25, 0.3) is 5.91 Å². The molecule has 1 aromatic heterocycles. The van der Waals surface area contributed by atoms with E-state index in [1.807, 2.05) is 13.0 Å². The van der Waals surface area contributed by atoms with Crippen LogP contribution in [-0.2, 0) is 16.4 Å². The molecule has 23 heavy (non-hydrogen) atoms. The Labute approximate surface area is 140 Å². The van der Waals surface area contributed by atoms with Crippen LogP contribution in [0.15, 0.2) is 35.2 Å². The lowest BCUT2D eigenvalue weighted by atomic mass is 10.1. The molecule has 124 valence electrons. The molecule has 1 aromatic carbocycles. The average Bonchev–Trinajstić information content (AvgIpc) is 2.87. The molecule has 0 bridgehead atoms. The summed E-state index contributed by atoms with van der Waals surface area (Å²) in [5, 5.41) is 8.03. The summed E-state index contributed by atoms with van der Waals surface area (Å²) in [6.45, 7) is 5.86. The molecule has 0 aliphatic rings. The average molecular weight is 352 g/mol. The number of nitrogens with two attached hydrogens (primary N) is 1. The maximum absolute atomic E-state index is 12.3. The Morgan fingerprint density at radius 1 is 1.35 bits per heavy atom. The highest BCUT2D eigenvalue weighted by molar-refractivity contribution is 7.89. The number of sulfonamides is 1. The van der Waals surface area contributed by atoms with Crippen molar-refractivity contribution >= 4 is 27.3 Å². The Morgan fingerprint density at radius 2 is 2.04 bits per heavy atom. The van der Waals surface area contributed by atoms with Crippen molar-refractivity contribution in [2.24, 2.45) is 5.14 Å². The van der Waals surface area contributed by atoms with Crippen LogP contribution in [0.5, 0.6) is 0 Å². The lowest BCUT2D eigenvalue weighted by Gasteiger charge is -2.14. The number of nitrogens with one attached hydrogen (secondary N) is 1. The Hall–Kier alpha value is -1.70. The van der Waals surface area contributed by atoms with Gasteiger partial charge in [-0.25, -0.2) is 13.6 Å². The molecule has 3 N–H and O–H groups in total. The number of thiophene rings is 1. The van der Waals surface area contributed by atoms with Gasteiger partial charge in [-0.05, 0) is 49.6 Å². The Bertz CT molecular complexity index is 826. The molecule has 7 heteroatoms. The number of carbonyl (C=O) groups excluding carboxylic acids is 1. The molecular formula is C16H20N2O3S2. The monoisotopic (exact) mass is 352 g/mol. The molecular weight excluding hydrogens is 332 g/mol. The van der Waals surface area contributed by atoms with Gasteiger partial charge in [0, 0.05) is 4.88 Å². The van der Waals surface area contributed by atoms with E-state index in [0.29, 0.717) is 10.4 Å². The van der Waals surface area contributed by atoms with E-state index in [-0.39, 0.29) is 16.8 Å². The maximum Gasteiger partial charge on any atom is 0.261 e. The predicted octanol–water partition coefficient (Wildman–Crippen LogP) is 2.76. The molecule has 0 saturated carbocycles. The van der Waals surface area contributed by atoms with Crippen LogP contribution in [0.2, 0.25) is 0 Å². The first-order valence-corrected chi connectivity index (χ1v) is 9.61. The molecule has 0 fully saturated rings. The van der Waals surface area contributed by atoms with Gasteiger partial charge in [-0.15, -0.1) is 11.3 Å². The van der Waals surface area contributed by atoms with Gasteiger partial charge >= 0.3 is 0 Å². The Balaban J connectivity index is 2.18. The van der Waals surface area contributed by atoms with Gasteiger partial charge in [0.15, 0.2) is 0 Å². The number of carbonyl (C=O) groups is 1. The first kappa shape index (κ1) is 17.7. The van der Waals surface area contributed by atoms with Crippen molar-refractivity contribution in [2.75, 3.05) is 0 Å². The van der Waals surface area contributed by atoms with Crippen molar-refractivity contribution in [3.05, 3.63) is 51.2 Å². The highest BCUT2D eigenvalue weighted by Gasteiger charge is 2.16. The zero-order valence-electron chi connectivity index (χ0n) is 13.3. The summed E-state index contributed by atoms with van der Waals surface area (Å²) in [5.74, 6) is -0.161. The lowest BCUT2D eigenvalue weighted by molar-refractivity contribution is 0.0944. The highest BCUT2D eigenvalue weighted by atomic mass is 32.2. The number of hydrogen-bond donors (Lipinski definition) is 2. The zero-order valence-corrected chi connectivity index (χ0v) is 14.9. The van der Waals surface area contributed by atoms with Crippen LogP contribution in [0.4, 0.5) is 0 Å². The smallest absolute Gasteiger partial charge is 0.261 e. The van der Waals surface area contributed by atoms with Crippen LogP contribution in [0.25, 0.3) is 0 Å². The van der Waals surface area contributed by atoms with E-state index in [1.54, 1.807) is 19.1 Å². The summed E-state index contributed by atoms with van der Waals surface area (Å²) in [5.41, 5.74) is 1.81. The van der Waals surface area contributed by atoms with Crippen LogP contribution in [0, 0.1) is 6.92 Å². The second-order valence-electron chi connectivity index (χ2n) is 5.38. The van der Waals surface area contributed by atoms with E-state index in [0.717, 1.165) is 12.0 Å². The number of benzene rings is 1. The van der Waals surface area contributed by atoms with Crippen LogP contribution in [0.3, 0.4) is 0 Å². The minimum Gasteiger partial charge on any atom is -0.345 e. The van der Waals surface area contributed by atoms with Gasteiger partial charge in [-0.3, -0.25) is 4.79 Å². The number of rotatable bonds is 5. The van der Waals surface area contributed by atoms with Crippen molar-refractivity contribution in [2.45, 2.75) is 38.1 Å². The van der Waals surface area contributed by atoms with Crippen molar-refractivity contribution in [3.8, 4) is 0 Å². The molecule has 2 aromatic rings. The summed E-state index contributed by atoms with van der Waals surface area (Å²) in [4.78, 5) is 14.2. The van der Waals surface area contributed by atoms with Gasteiger partial charge in [0.05, 0.1) is 15.8 Å². The normalized spacial score (nSPS) is 12.9. The molecule has 0 aliphatic heterocycles. The molecule has 2 rings (SSSR count). The number of hydrogen-bond acceptors (Lipinski definition) is 4. The molecule has 0 spiro atoms. The molecule has 1 heterocycles. The fourth-order valence-corrected chi connectivity index (χ4v) is 3.88. The number of amides is 1. The van der Waals surface area contributed by atoms with Crippen molar-refractivity contribution < 1.29 is 13.2 Å². The minimum absolute atomic E-state index is 0.0383.